The summed E-state index contributed by atoms with van der Waals surface area (Å²) in [5, 5.41) is 0. The highest BCUT2D eigenvalue weighted by atomic mass is 16.3. The molecule has 1 amide bonds. The molecule has 1 aliphatic rings. The largest absolute Gasteiger partial charge is 0.464 e. The molecule has 3 rings (SSSR count). The summed E-state index contributed by atoms with van der Waals surface area (Å²) in [5.41, 5.74) is 2.78. The quantitative estimate of drug-likeness (QED) is 0.823. The van der Waals surface area contributed by atoms with Crippen molar-refractivity contribution >= 4 is 5.91 Å². The molecule has 2 heterocycles. The van der Waals surface area contributed by atoms with Gasteiger partial charge in [-0.1, -0.05) is 12.1 Å². The first-order chi connectivity index (χ1) is 9.27. The van der Waals surface area contributed by atoms with Gasteiger partial charge in [0.15, 0.2) is 0 Å². The minimum Gasteiger partial charge on any atom is -0.464 e. The standard InChI is InChI=1S/C16H17NO2/c1-12-13(15-8-5-11-19-15)6-4-7-14(12)16(18)17-9-2-3-10-17/h4-8,11H,2-3,9-10H2,1H3. The first-order valence-corrected chi connectivity index (χ1v) is 6.70. The van der Waals surface area contributed by atoms with Crippen LogP contribution >= 0.6 is 0 Å². The van der Waals surface area contributed by atoms with Crippen LogP contribution in [0.1, 0.15) is 28.8 Å². The van der Waals surface area contributed by atoms with Gasteiger partial charge in [0.2, 0.25) is 0 Å². The first kappa shape index (κ1) is 12.0. The van der Waals surface area contributed by atoms with Gasteiger partial charge in [-0.3, -0.25) is 4.79 Å². The average molecular weight is 255 g/mol. The number of furan rings is 1. The monoisotopic (exact) mass is 255 g/mol. The Kier molecular flexibility index (Phi) is 3.11. The molecule has 1 aromatic carbocycles. The second kappa shape index (κ2) is 4.92. The van der Waals surface area contributed by atoms with E-state index in [2.05, 4.69) is 0 Å². The minimum atomic E-state index is 0.142. The molecule has 1 aromatic heterocycles. The zero-order valence-corrected chi connectivity index (χ0v) is 11.1. The molecule has 1 aliphatic heterocycles. The van der Waals surface area contributed by atoms with Crippen LogP contribution in [0.4, 0.5) is 0 Å². The fourth-order valence-corrected chi connectivity index (χ4v) is 2.66. The maximum Gasteiger partial charge on any atom is 0.254 e. The molecule has 3 nitrogen and oxygen atoms in total. The van der Waals surface area contributed by atoms with Crippen LogP contribution in [0.2, 0.25) is 0 Å². The second-order valence-electron chi connectivity index (χ2n) is 4.95. The molecule has 1 fully saturated rings. The van der Waals surface area contributed by atoms with E-state index >= 15 is 0 Å². The van der Waals surface area contributed by atoms with Crippen LogP contribution in [-0.4, -0.2) is 23.9 Å². The topological polar surface area (TPSA) is 33.5 Å². The van der Waals surface area contributed by atoms with Gasteiger partial charge in [0, 0.05) is 24.2 Å². The van der Waals surface area contributed by atoms with Crippen LogP contribution in [0.5, 0.6) is 0 Å². The van der Waals surface area contributed by atoms with Gasteiger partial charge in [-0.25, -0.2) is 0 Å². The summed E-state index contributed by atoms with van der Waals surface area (Å²) in [6.07, 6.45) is 3.88. The molecule has 0 radical (unpaired) electrons. The Balaban J connectivity index is 1.98. The van der Waals surface area contributed by atoms with Crippen molar-refractivity contribution in [2.75, 3.05) is 13.1 Å². The third-order valence-electron chi connectivity index (χ3n) is 3.74. The van der Waals surface area contributed by atoms with Gasteiger partial charge in [-0.2, -0.15) is 0 Å². The smallest absolute Gasteiger partial charge is 0.254 e. The highest BCUT2D eigenvalue weighted by molar-refractivity contribution is 5.97. The number of hydrogen-bond donors (Lipinski definition) is 0. The van der Waals surface area contributed by atoms with Gasteiger partial charge >= 0.3 is 0 Å². The lowest BCUT2D eigenvalue weighted by molar-refractivity contribution is 0.0792. The Morgan fingerprint density at radius 1 is 1.16 bits per heavy atom. The SMILES string of the molecule is Cc1c(C(=O)N2CCCC2)cccc1-c1ccco1. The highest BCUT2D eigenvalue weighted by Gasteiger charge is 2.22. The molecule has 0 unspecified atom stereocenters. The molecule has 0 spiro atoms. The summed E-state index contributed by atoms with van der Waals surface area (Å²) < 4.78 is 5.44. The summed E-state index contributed by atoms with van der Waals surface area (Å²) in [7, 11) is 0. The zero-order chi connectivity index (χ0) is 13.2. The molecule has 0 atom stereocenters. The lowest BCUT2D eigenvalue weighted by Crippen LogP contribution is -2.28. The normalized spacial score (nSPS) is 14.9. The fraction of sp³-hybridized carbons (Fsp3) is 0.312. The van der Waals surface area contributed by atoms with Crippen LogP contribution in [0.15, 0.2) is 41.0 Å². The van der Waals surface area contributed by atoms with E-state index < -0.39 is 0 Å². The van der Waals surface area contributed by atoms with Gasteiger partial charge in [-0.05, 0) is 43.5 Å². The molecular weight excluding hydrogens is 238 g/mol. The van der Waals surface area contributed by atoms with Crippen molar-refractivity contribution in [1.82, 2.24) is 4.90 Å². The maximum atomic E-state index is 12.5. The number of benzene rings is 1. The van der Waals surface area contributed by atoms with E-state index in [-0.39, 0.29) is 5.91 Å². The van der Waals surface area contributed by atoms with Crippen molar-refractivity contribution in [3.8, 4) is 11.3 Å². The van der Waals surface area contributed by atoms with Crippen molar-refractivity contribution in [3.63, 3.8) is 0 Å². The molecule has 0 aliphatic carbocycles. The van der Waals surface area contributed by atoms with Gasteiger partial charge in [0.25, 0.3) is 5.91 Å². The molecule has 0 bridgehead atoms. The first-order valence-electron chi connectivity index (χ1n) is 6.70. The Bertz CT molecular complexity index is 581. The van der Waals surface area contributed by atoms with E-state index in [0.29, 0.717) is 0 Å². The minimum absolute atomic E-state index is 0.142. The Hall–Kier alpha value is -2.03. The van der Waals surface area contributed by atoms with Crippen LogP contribution in [0.3, 0.4) is 0 Å². The molecule has 98 valence electrons. The van der Waals surface area contributed by atoms with E-state index in [4.69, 9.17) is 4.42 Å². The molecular formula is C16H17NO2. The summed E-state index contributed by atoms with van der Waals surface area (Å²) in [6.45, 7) is 3.74. The second-order valence-corrected chi connectivity index (χ2v) is 4.95. The van der Waals surface area contributed by atoms with E-state index in [1.807, 2.05) is 42.2 Å². The molecule has 2 aromatic rings. The number of likely N-dealkylation sites (tertiary alicyclic amines) is 1. The van der Waals surface area contributed by atoms with E-state index in [1.54, 1.807) is 6.26 Å². The van der Waals surface area contributed by atoms with Crippen LogP contribution in [0, 0.1) is 6.92 Å². The number of carbonyl (C=O) groups is 1. The zero-order valence-electron chi connectivity index (χ0n) is 11.1. The fourth-order valence-electron chi connectivity index (χ4n) is 2.66. The number of carbonyl (C=O) groups excluding carboxylic acids is 1. The lowest BCUT2D eigenvalue weighted by atomic mass is 10.00. The third kappa shape index (κ3) is 2.16. The third-order valence-corrected chi connectivity index (χ3v) is 3.74. The summed E-state index contributed by atoms with van der Waals surface area (Å²) >= 11 is 0. The van der Waals surface area contributed by atoms with Gasteiger partial charge in [0.1, 0.15) is 5.76 Å². The molecule has 1 saturated heterocycles. The number of amides is 1. The molecule has 0 saturated carbocycles. The van der Waals surface area contributed by atoms with Crippen molar-refractivity contribution in [1.29, 1.82) is 0 Å². The molecule has 19 heavy (non-hydrogen) atoms. The molecule has 3 heteroatoms. The van der Waals surface area contributed by atoms with Crippen LogP contribution in [0.25, 0.3) is 11.3 Å². The van der Waals surface area contributed by atoms with Gasteiger partial charge in [0.05, 0.1) is 6.26 Å². The summed E-state index contributed by atoms with van der Waals surface area (Å²) in [4.78, 5) is 14.4. The average Bonchev–Trinajstić information content (AvgIpc) is 3.11. The Labute approximate surface area is 112 Å². The summed E-state index contributed by atoms with van der Waals surface area (Å²) in [6, 6.07) is 9.61. The van der Waals surface area contributed by atoms with E-state index in [0.717, 1.165) is 48.4 Å². The molecule has 0 N–H and O–H groups in total. The van der Waals surface area contributed by atoms with Crippen LogP contribution < -0.4 is 0 Å². The van der Waals surface area contributed by atoms with Crippen LogP contribution in [-0.2, 0) is 0 Å². The van der Waals surface area contributed by atoms with Crippen molar-refractivity contribution in [2.24, 2.45) is 0 Å². The maximum absolute atomic E-state index is 12.5. The van der Waals surface area contributed by atoms with Gasteiger partial charge in [-0.15, -0.1) is 0 Å². The Morgan fingerprint density at radius 2 is 1.95 bits per heavy atom. The van der Waals surface area contributed by atoms with E-state index in [9.17, 15) is 4.79 Å². The number of rotatable bonds is 2. The number of nitrogens with zero attached hydrogens (tertiary/aromatic N) is 1. The summed E-state index contributed by atoms with van der Waals surface area (Å²) in [5.74, 6) is 0.956. The van der Waals surface area contributed by atoms with Gasteiger partial charge < -0.3 is 9.32 Å². The predicted molar refractivity (Wildman–Crippen MR) is 74.0 cm³/mol. The van der Waals surface area contributed by atoms with E-state index in [1.165, 1.54) is 0 Å². The number of hydrogen-bond acceptors (Lipinski definition) is 2. The van der Waals surface area contributed by atoms with Crippen molar-refractivity contribution < 1.29 is 9.21 Å². The van der Waals surface area contributed by atoms with Crippen molar-refractivity contribution in [3.05, 3.63) is 47.7 Å². The van der Waals surface area contributed by atoms with Crippen molar-refractivity contribution in [2.45, 2.75) is 19.8 Å². The lowest BCUT2D eigenvalue weighted by Gasteiger charge is -2.17. The predicted octanol–water partition coefficient (Wildman–Crippen LogP) is 3.49. The Morgan fingerprint density at radius 3 is 2.63 bits per heavy atom. The highest BCUT2D eigenvalue weighted by Crippen LogP contribution is 2.27.